The van der Waals surface area contributed by atoms with Crippen LogP contribution in [-0.2, 0) is 17.6 Å². The van der Waals surface area contributed by atoms with E-state index < -0.39 is 5.92 Å². The lowest BCUT2D eigenvalue weighted by Crippen LogP contribution is -2.33. The summed E-state index contributed by atoms with van der Waals surface area (Å²) in [4.78, 5) is 30.2. The van der Waals surface area contributed by atoms with E-state index in [1.165, 1.54) is 11.8 Å². The summed E-state index contributed by atoms with van der Waals surface area (Å²) in [6, 6.07) is 15.6. The molecule has 0 bridgehead atoms. The standard InChI is InChI=1S/C25H27N3O4S/c1-4-31-19-12-11-17(13-20(19)32-5-2)18-14-21(29)26-23-22(18)24(30)27-25(28(23)3)33-15-16-9-7-6-8-10-16/h6-13,18H,4-5,14-15H2,1-3H3,(H,26,29). The molecule has 7 nitrogen and oxygen atoms in total. The van der Waals surface area contributed by atoms with E-state index in [-0.39, 0.29) is 17.9 Å². The van der Waals surface area contributed by atoms with Crippen LogP contribution >= 0.6 is 11.8 Å². The Morgan fingerprint density at radius 2 is 1.79 bits per heavy atom. The molecular formula is C25H27N3O4S. The lowest BCUT2D eigenvalue weighted by atomic mass is 9.86. The molecule has 1 N–H and O–H groups in total. The summed E-state index contributed by atoms with van der Waals surface area (Å²) in [6.45, 7) is 4.81. The van der Waals surface area contributed by atoms with Crippen LogP contribution < -0.4 is 20.3 Å². The first-order valence-corrected chi connectivity index (χ1v) is 12.0. The van der Waals surface area contributed by atoms with Crippen molar-refractivity contribution < 1.29 is 14.3 Å². The average Bonchev–Trinajstić information content (AvgIpc) is 2.82. The van der Waals surface area contributed by atoms with E-state index in [1.54, 1.807) is 4.57 Å². The van der Waals surface area contributed by atoms with Gasteiger partial charge in [-0.15, -0.1) is 0 Å². The van der Waals surface area contributed by atoms with Crippen molar-refractivity contribution in [2.24, 2.45) is 7.05 Å². The molecule has 0 spiro atoms. The highest BCUT2D eigenvalue weighted by molar-refractivity contribution is 7.98. The Labute approximate surface area is 197 Å². The molecule has 3 aromatic rings. The Morgan fingerprint density at radius 1 is 1.06 bits per heavy atom. The molecule has 1 atom stereocenters. The van der Waals surface area contributed by atoms with Gasteiger partial charge in [0.1, 0.15) is 5.82 Å². The average molecular weight is 466 g/mol. The molecule has 1 unspecified atom stereocenters. The van der Waals surface area contributed by atoms with Crippen molar-refractivity contribution in [3.63, 3.8) is 0 Å². The van der Waals surface area contributed by atoms with Gasteiger partial charge in [0, 0.05) is 25.1 Å². The molecule has 1 aliphatic rings. The van der Waals surface area contributed by atoms with Crippen molar-refractivity contribution in [3.05, 3.63) is 75.6 Å². The maximum atomic E-state index is 13.2. The maximum absolute atomic E-state index is 13.2. The van der Waals surface area contributed by atoms with Gasteiger partial charge in [-0.25, -0.2) is 0 Å². The van der Waals surface area contributed by atoms with E-state index in [2.05, 4.69) is 10.3 Å². The summed E-state index contributed by atoms with van der Waals surface area (Å²) in [5.41, 5.74) is 2.12. The van der Waals surface area contributed by atoms with Gasteiger partial charge >= 0.3 is 0 Å². The van der Waals surface area contributed by atoms with Crippen LogP contribution in [0.5, 0.6) is 11.5 Å². The number of benzene rings is 2. The number of nitrogens with zero attached hydrogens (tertiary/aromatic N) is 2. The van der Waals surface area contributed by atoms with Crippen molar-refractivity contribution >= 4 is 23.5 Å². The topological polar surface area (TPSA) is 82.5 Å². The van der Waals surface area contributed by atoms with Crippen molar-refractivity contribution in [2.75, 3.05) is 18.5 Å². The molecule has 33 heavy (non-hydrogen) atoms. The summed E-state index contributed by atoms with van der Waals surface area (Å²) in [6.07, 6.45) is 0.167. The number of anilines is 1. The smallest absolute Gasteiger partial charge is 0.279 e. The quantitative estimate of drug-likeness (QED) is 0.394. The molecule has 1 amide bonds. The van der Waals surface area contributed by atoms with Crippen molar-refractivity contribution in [2.45, 2.75) is 37.1 Å². The third-order valence-electron chi connectivity index (χ3n) is 5.48. The van der Waals surface area contributed by atoms with Crippen LogP contribution in [0, 0.1) is 0 Å². The number of ether oxygens (including phenoxy) is 2. The molecule has 0 saturated carbocycles. The fourth-order valence-electron chi connectivity index (χ4n) is 3.96. The van der Waals surface area contributed by atoms with E-state index in [0.717, 1.165) is 11.1 Å². The first-order valence-electron chi connectivity index (χ1n) is 11.0. The molecule has 1 aliphatic heterocycles. The van der Waals surface area contributed by atoms with Gasteiger partial charge in [0.25, 0.3) is 5.56 Å². The third kappa shape index (κ3) is 4.90. The second-order valence-electron chi connectivity index (χ2n) is 7.67. The van der Waals surface area contributed by atoms with E-state index in [9.17, 15) is 9.59 Å². The van der Waals surface area contributed by atoms with Gasteiger partial charge in [0.05, 0.1) is 18.8 Å². The lowest BCUT2D eigenvalue weighted by molar-refractivity contribution is -0.116. The number of hydrogen-bond donors (Lipinski definition) is 1. The highest BCUT2D eigenvalue weighted by atomic mass is 32.2. The molecule has 172 valence electrons. The highest BCUT2D eigenvalue weighted by Crippen LogP contribution is 2.39. The highest BCUT2D eigenvalue weighted by Gasteiger charge is 2.32. The number of hydrogen-bond acceptors (Lipinski definition) is 6. The summed E-state index contributed by atoms with van der Waals surface area (Å²) in [5.74, 6) is 1.86. The molecule has 2 aromatic carbocycles. The molecule has 0 radical (unpaired) electrons. The zero-order valence-electron chi connectivity index (χ0n) is 19.0. The molecule has 8 heteroatoms. The van der Waals surface area contributed by atoms with Crippen LogP contribution in [-0.4, -0.2) is 28.7 Å². The van der Waals surface area contributed by atoms with E-state index in [1.807, 2.05) is 69.4 Å². The zero-order valence-corrected chi connectivity index (χ0v) is 19.8. The van der Waals surface area contributed by atoms with E-state index >= 15 is 0 Å². The number of fused-ring (bicyclic) bond motifs is 1. The van der Waals surface area contributed by atoms with Crippen LogP contribution in [0.4, 0.5) is 5.82 Å². The SMILES string of the molecule is CCOc1ccc(C2CC(=O)Nc3c2c(=O)nc(SCc2ccccc2)n3C)cc1OCC. The van der Waals surface area contributed by atoms with Crippen LogP contribution in [0.1, 0.15) is 42.9 Å². The second kappa shape index (κ2) is 10.1. The van der Waals surface area contributed by atoms with Crippen molar-refractivity contribution in [3.8, 4) is 11.5 Å². The molecule has 0 aliphatic carbocycles. The van der Waals surface area contributed by atoms with Crippen LogP contribution in [0.2, 0.25) is 0 Å². The number of thioether (sulfide) groups is 1. The third-order valence-corrected chi connectivity index (χ3v) is 6.58. The van der Waals surface area contributed by atoms with Crippen LogP contribution in [0.15, 0.2) is 58.5 Å². The Morgan fingerprint density at radius 3 is 2.52 bits per heavy atom. The minimum atomic E-state index is -0.414. The molecule has 4 rings (SSSR count). The Balaban J connectivity index is 1.72. The molecule has 0 saturated heterocycles. The number of carbonyl (C=O) groups excluding carboxylic acids is 1. The first-order chi connectivity index (χ1) is 16.0. The summed E-state index contributed by atoms with van der Waals surface area (Å²) < 4.78 is 13.2. The van der Waals surface area contributed by atoms with Gasteiger partial charge in [0.2, 0.25) is 5.91 Å². The number of rotatable bonds is 8. The van der Waals surface area contributed by atoms with Gasteiger partial charge in [-0.2, -0.15) is 4.98 Å². The molecule has 2 heterocycles. The van der Waals surface area contributed by atoms with E-state index in [0.29, 0.717) is 47.0 Å². The largest absolute Gasteiger partial charge is 0.490 e. The van der Waals surface area contributed by atoms with Gasteiger partial charge in [-0.05, 0) is 37.1 Å². The zero-order chi connectivity index (χ0) is 23.4. The van der Waals surface area contributed by atoms with Gasteiger partial charge in [0.15, 0.2) is 16.7 Å². The predicted octanol–water partition coefficient (Wildman–Crippen LogP) is 4.34. The second-order valence-corrected chi connectivity index (χ2v) is 8.61. The van der Waals surface area contributed by atoms with Gasteiger partial charge < -0.3 is 19.4 Å². The molecule has 1 aromatic heterocycles. The number of amides is 1. The van der Waals surface area contributed by atoms with Crippen molar-refractivity contribution in [1.82, 2.24) is 9.55 Å². The van der Waals surface area contributed by atoms with Crippen molar-refractivity contribution in [1.29, 1.82) is 0 Å². The minimum Gasteiger partial charge on any atom is -0.490 e. The van der Waals surface area contributed by atoms with Crippen LogP contribution in [0.3, 0.4) is 0 Å². The van der Waals surface area contributed by atoms with E-state index in [4.69, 9.17) is 9.47 Å². The Kier molecular flexibility index (Phi) is 7.03. The van der Waals surface area contributed by atoms with Gasteiger partial charge in [-0.1, -0.05) is 48.2 Å². The van der Waals surface area contributed by atoms with Gasteiger partial charge in [-0.3, -0.25) is 9.59 Å². The molecular weight excluding hydrogens is 438 g/mol. The van der Waals surface area contributed by atoms with Crippen LogP contribution in [0.25, 0.3) is 0 Å². The number of aromatic nitrogens is 2. The monoisotopic (exact) mass is 465 g/mol. The Hall–Kier alpha value is -3.26. The summed E-state index contributed by atoms with van der Waals surface area (Å²) in [7, 11) is 1.82. The molecule has 0 fully saturated rings. The maximum Gasteiger partial charge on any atom is 0.279 e. The number of carbonyl (C=O) groups is 1. The fourth-order valence-corrected chi connectivity index (χ4v) is 4.88. The fraction of sp³-hybridized carbons (Fsp3) is 0.320. The number of nitrogens with one attached hydrogen (secondary N) is 1. The summed E-state index contributed by atoms with van der Waals surface area (Å²) >= 11 is 1.47. The Bertz CT molecular complexity index is 1210. The lowest BCUT2D eigenvalue weighted by Gasteiger charge is -2.28. The minimum absolute atomic E-state index is 0.139. The summed E-state index contributed by atoms with van der Waals surface area (Å²) in [5, 5.41) is 3.45. The normalized spacial score (nSPS) is 15.0. The first kappa shape index (κ1) is 22.9. The predicted molar refractivity (Wildman–Crippen MR) is 129 cm³/mol.